The molecule has 96 valence electrons. The van der Waals surface area contributed by atoms with Crippen LogP contribution in [0.5, 0.6) is 5.75 Å². The van der Waals surface area contributed by atoms with Gasteiger partial charge in [-0.25, -0.2) is 0 Å². The van der Waals surface area contributed by atoms with E-state index >= 15 is 0 Å². The lowest BCUT2D eigenvalue weighted by atomic mass is 9.82. The molecule has 1 aromatic carbocycles. The van der Waals surface area contributed by atoms with Gasteiger partial charge >= 0.3 is 5.97 Å². The highest BCUT2D eigenvalue weighted by molar-refractivity contribution is 5.99. The highest BCUT2D eigenvalue weighted by atomic mass is 16.5. The lowest BCUT2D eigenvalue weighted by Crippen LogP contribution is -2.20. The number of carbonyl (C=O) groups excluding carboxylic acids is 2. The molecule has 0 amide bonds. The molecule has 2 rings (SSSR count). The number of methoxy groups -OCH3 is 1. The van der Waals surface area contributed by atoms with E-state index in [2.05, 4.69) is 0 Å². The summed E-state index contributed by atoms with van der Waals surface area (Å²) < 4.78 is 10.2. The summed E-state index contributed by atoms with van der Waals surface area (Å²) in [4.78, 5) is 22.7. The van der Waals surface area contributed by atoms with Gasteiger partial charge in [-0.2, -0.15) is 0 Å². The smallest absolute Gasteiger partial charge is 0.302 e. The third kappa shape index (κ3) is 2.53. The summed E-state index contributed by atoms with van der Waals surface area (Å²) >= 11 is 0. The van der Waals surface area contributed by atoms with Crippen LogP contribution >= 0.6 is 0 Å². The largest absolute Gasteiger partial charge is 0.497 e. The van der Waals surface area contributed by atoms with Gasteiger partial charge in [0.2, 0.25) is 0 Å². The Balaban J connectivity index is 2.29. The quantitative estimate of drug-likeness (QED) is 0.770. The van der Waals surface area contributed by atoms with Gasteiger partial charge in [-0.1, -0.05) is 0 Å². The minimum Gasteiger partial charge on any atom is -0.497 e. The minimum absolute atomic E-state index is 0.0803. The fraction of sp³-hybridized carbons (Fsp3) is 0.429. The molecule has 0 saturated carbocycles. The second-order valence-corrected chi connectivity index (χ2v) is 4.41. The number of carbonyl (C=O) groups is 2. The minimum atomic E-state index is -0.295. The van der Waals surface area contributed by atoms with E-state index in [9.17, 15) is 9.59 Å². The van der Waals surface area contributed by atoms with Crippen LogP contribution in [0.1, 0.15) is 41.6 Å². The van der Waals surface area contributed by atoms with Crippen molar-refractivity contribution in [3.05, 3.63) is 29.3 Å². The Kier molecular flexibility index (Phi) is 3.65. The van der Waals surface area contributed by atoms with Gasteiger partial charge in [0.25, 0.3) is 0 Å². The predicted octanol–water partition coefficient (Wildman–Crippen LogP) is 2.32. The second-order valence-electron chi connectivity index (χ2n) is 4.41. The molecule has 1 aliphatic rings. The number of hydrogen-bond acceptors (Lipinski definition) is 4. The topological polar surface area (TPSA) is 52.6 Å². The first-order valence-corrected chi connectivity index (χ1v) is 5.96. The molecule has 1 aliphatic carbocycles. The van der Waals surface area contributed by atoms with E-state index in [-0.39, 0.29) is 17.7 Å². The van der Waals surface area contributed by atoms with Crippen LogP contribution in [0.3, 0.4) is 0 Å². The molecule has 4 heteroatoms. The van der Waals surface area contributed by atoms with Crippen molar-refractivity contribution in [2.45, 2.75) is 25.7 Å². The third-order valence-electron chi connectivity index (χ3n) is 3.21. The molecule has 0 bridgehead atoms. The highest BCUT2D eigenvalue weighted by Gasteiger charge is 2.26. The fourth-order valence-corrected chi connectivity index (χ4v) is 2.25. The van der Waals surface area contributed by atoms with E-state index in [0.717, 1.165) is 16.9 Å². The number of ketones is 1. The lowest BCUT2D eigenvalue weighted by molar-refractivity contribution is -0.141. The molecule has 0 heterocycles. The summed E-state index contributed by atoms with van der Waals surface area (Å²) in [6, 6.07) is 5.43. The summed E-state index contributed by atoms with van der Waals surface area (Å²) in [5, 5.41) is 0. The first kappa shape index (κ1) is 12.6. The number of fused-ring (bicyclic) bond motifs is 1. The van der Waals surface area contributed by atoms with Crippen LogP contribution in [0.15, 0.2) is 18.2 Å². The molecule has 4 nitrogen and oxygen atoms in total. The summed E-state index contributed by atoms with van der Waals surface area (Å²) in [5.41, 5.74) is 1.64. The SMILES string of the molecule is COc1ccc2c(c1)C(COC(C)=O)CCC2=O. The summed E-state index contributed by atoms with van der Waals surface area (Å²) in [5.74, 6) is 0.649. The van der Waals surface area contributed by atoms with E-state index in [1.807, 2.05) is 6.07 Å². The molecule has 1 aromatic rings. The Bertz CT molecular complexity index is 479. The van der Waals surface area contributed by atoms with Crippen LogP contribution in [0, 0.1) is 0 Å². The maximum absolute atomic E-state index is 11.8. The van der Waals surface area contributed by atoms with Crippen molar-refractivity contribution in [2.75, 3.05) is 13.7 Å². The Morgan fingerprint density at radius 1 is 1.44 bits per heavy atom. The molecule has 1 unspecified atom stereocenters. The van der Waals surface area contributed by atoms with Crippen LogP contribution in [0.25, 0.3) is 0 Å². The Morgan fingerprint density at radius 2 is 2.22 bits per heavy atom. The van der Waals surface area contributed by atoms with Crippen molar-refractivity contribution >= 4 is 11.8 Å². The summed E-state index contributed by atoms with van der Waals surface area (Å²) in [6.07, 6.45) is 1.22. The Labute approximate surface area is 106 Å². The van der Waals surface area contributed by atoms with Gasteiger partial charge in [-0.05, 0) is 30.2 Å². The van der Waals surface area contributed by atoms with Crippen molar-refractivity contribution in [3.8, 4) is 5.75 Å². The zero-order valence-corrected chi connectivity index (χ0v) is 10.6. The highest BCUT2D eigenvalue weighted by Crippen LogP contribution is 2.34. The molecule has 1 atom stereocenters. The second kappa shape index (κ2) is 5.21. The van der Waals surface area contributed by atoms with Gasteiger partial charge in [-0.15, -0.1) is 0 Å². The molecule has 0 fully saturated rings. The van der Waals surface area contributed by atoms with E-state index in [1.54, 1.807) is 19.2 Å². The molecule has 0 aromatic heterocycles. The molecular formula is C14H16O4. The van der Waals surface area contributed by atoms with Crippen LogP contribution in [-0.4, -0.2) is 25.5 Å². The number of rotatable bonds is 3. The lowest BCUT2D eigenvalue weighted by Gasteiger charge is -2.24. The molecule has 0 N–H and O–H groups in total. The van der Waals surface area contributed by atoms with Gasteiger partial charge in [0.05, 0.1) is 13.7 Å². The van der Waals surface area contributed by atoms with Crippen molar-refractivity contribution < 1.29 is 19.1 Å². The van der Waals surface area contributed by atoms with E-state index in [1.165, 1.54) is 6.92 Å². The van der Waals surface area contributed by atoms with Crippen molar-refractivity contribution in [3.63, 3.8) is 0 Å². The maximum atomic E-state index is 11.8. The molecular weight excluding hydrogens is 232 g/mol. The number of hydrogen-bond donors (Lipinski definition) is 0. The zero-order valence-electron chi connectivity index (χ0n) is 10.6. The molecule has 18 heavy (non-hydrogen) atoms. The van der Waals surface area contributed by atoms with Crippen molar-refractivity contribution in [1.82, 2.24) is 0 Å². The first-order chi connectivity index (χ1) is 8.61. The third-order valence-corrected chi connectivity index (χ3v) is 3.21. The number of benzene rings is 1. The molecule has 0 saturated heterocycles. The number of Topliss-reactive ketones (excluding diaryl/α,β-unsaturated/α-hetero) is 1. The van der Waals surface area contributed by atoms with Crippen LogP contribution in [-0.2, 0) is 9.53 Å². The van der Waals surface area contributed by atoms with E-state index < -0.39 is 0 Å². The van der Waals surface area contributed by atoms with Crippen molar-refractivity contribution in [2.24, 2.45) is 0 Å². The first-order valence-electron chi connectivity index (χ1n) is 5.96. The normalized spacial score (nSPS) is 18.1. The number of esters is 1. The fourth-order valence-electron chi connectivity index (χ4n) is 2.25. The Morgan fingerprint density at radius 3 is 2.89 bits per heavy atom. The van der Waals surface area contributed by atoms with Gasteiger partial charge in [-0.3, -0.25) is 9.59 Å². The van der Waals surface area contributed by atoms with Crippen LogP contribution < -0.4 is 4.74 Å². The summed E-state index contributed by atoms with van der Waals surface area (Å²) in [6.45, 7) is 1.71. The monoisotopic (exact) mass is 248 g/mol. The number of ether oxygens (including phenoxy) is 2. The van der Waals surface area contributed by atoms with Crippen LogP contribution in [0.4, 0.5) is 0 Å². The van der Waals surface area contributed by atoms with Gasteiger partial charge in [0.1, 0.15) is 5.75 Å². The van der Waals surface area contributed by atoms with E-state index in [0.29, 0.717) is 19.4 Å². The van der Waals surface area contributed by atoms with Gasteiger partial charge < -0.3 is 9.47 Å². The molecule has 0 spiro atoms. The van der Waals surface area contributed by atoms with Gasteiger partial charge in [0.15, 0.2) is 5.78 Å². The van der Waals surface area contributed by atoms with Gasteiger partial charge in [0, 0.05) is 24.8 Å². The standard InChI is InChI=1S/C14H16O4/c1-9(15)18-8-10-3-6-14(16)12-5-4-11(17-2)7-13(10)12/h4-5,7,10H,3,6,8H2,1-2H3. The zero-order chi connectivity index (χ0) is 13.1. The summed E-state index contributed by atoms with van der Waals surface area (Å²) in [7, 11) is 1.59. The molecule has 0 radical (unpaired) electrons. The van der Waals surface area contributed by atoms with Crippen molar-refractivity contribution in [1.29, 1.82) is 0 Å². The average molecular weight is 248 g/mol. The molecule has 0 aliphatic heterocycles. The van der Waals surface area contributed by atoms with Crippen LogP contribution in [0.2, 0.25) is 0 Å². The predicted molar refractivity (Wildman–Crippen MR) is 65.9 cm³/mol. The maximum Gasteiger partial charge on any atom is 0.302 e. The Hall–Kier alpha value is -1.84. The average Bonchev–Trinajstić information content (AvgIpc) is 2.37. The van der Waals surface area contributed by atoms with E-state index in [4.69, 9.17) is 9.47 Å².